The monoisotopic (exact) mass is 546 g/mol. The van der Waals surface area contributed by atoms with E-state index in [2.05, 4.69) is 20.4 Å². The minimum atomic E-state index is -1.79. The zero-order valence-corrected chi connectivity index (χ0v) is 22.7. The van der Waals surface area contributed by atoms with Crippen molar-refractivity contribution in [3.05, 3.63) is 63.7 Å². The first-order valence-corrected chi connectivity index (χ1v) is 12.6. The number of carbonyl (C=O) groups is 1. The van der Waals surface area contributed by atoms with E-state index in [0.717, 1.165) is 0 Å². The van der Waals surface area contributed by atoms with Gasteiger partial charge in [0.1, 0.15) is 11.9 Å². The van der Waals surface area contributed by atoms with Gasteiger partial charge in [0.2, 0.25) is 0 Å². The third-order valence-corrected chi connectivity index (χ3v) is 6.55. The summed E-state index contributed by atoms with van der Waals surface area (Å²) in [6.45, 7) is 5.84. The molecule has 0 saturated heterocycles. The highest BCUT2D eigenvalue weighted by molar-refractivity contribution is 6.47. The molecule has 0 aliphatic carbocycles. The van der Waals surface area contributed by atoms with Crippen LogP contribution in [0.2, 0.25) is 5.15 Å². The Morgan fingerprint density at radius 1 is 1.38 bits per heavy atom. The van der Waals surface area contributed by atoms with Crippen LogP contribution in [0.15, 0.2) is 41.0 Å². The topological polar surface area (TPSA) is 117 Å². The number of nitrogens with zero attached hydrogens (tertiary/aromatic N) is 4. The van der Waals surface area contributed by atoms with E-state index >= 15 is 0 Å². The summed E-state index contributed by atoms with van der Waals surface area (Å²) in [6, 6.07) is 5.72. The molecule has 1 aliphatic rings. The average molecular weight is 547 g/mol. The molecule has 4 radical (unpaired) electrons. The molecule has 2 aromatic heterocycles. The van der Waals surface area contributed by atoms with Crippen LogP contribution in [-0.2, 0) is 16.5 Å². The number of aromatic nitrogens is 3. The minimum Gasteiger partial charge on any atom is -0.482 e. The second kappa shape index (κ2) is 11.1. The number of pyridine rings is 1. The number of allylic oxidation sites excluding steroid dienone is 1. The number of carbonyl (C=O) groups excluding carboxylic acids is 1. The number of ether oxygens (including phenoxy) is 2. The highest BCUT2D eigenvalue weighted by atomic mass is 35.5. The first-order chi connectivity index (χ1) is 18.5. The van der Waals surface area contributed by atoms with Crippen LogP contribution < -0.4 is 15.8 Å². The van der Waals surface area contributed by atoms with Gasteiger partial charge in [-0.05, 0) is 55.8 Å². The Labute approximate surface area is 233 Å². The van der Waals surface area contributed by atoms with Gasteiger partial charge in [0.05, 0.1) is 28.0 Å². The van der Waals surface area contributed by atoms with Gasteiger partial charge < -0.3 is 15.2 Å². The lowest BCUT2D eigenvalue weighted by Crippen LogP contribution is -2.34. The molecule has 13 heteroatoms. The molecular weight excluding hydrogens is 520 g/mol. The number of benzene rings is 1. The van der Waals surface area contributed by atoms with E-state index in [1.807, 2.05) is 6.92 Å². The van der Waals surface area contributed by atoms with Crippen LogP contribution in [0.4, 0.5) is 15.0 Å². The summed E-state index contributed by atoms with van der Waals surface area (Å²) in [5.41, 5.74) is 9.11. The third-order valence-electron chi connectivity index (χ3n) is 6.28. The van der Waals surface area contributed by atoms with Gasteiger partial charge in [0, 0.05) is 54.0 Å². The number of aryl methyl sites for hydroxylation is 1. The molecule has 39 heavy (non-hydrogen) atoms. The summed E-state index contributed by atoms with van der Waals surface area (Å²) in [5, 5.41) is 5.28. The largest absolute Gasteiger partial charge is 0.482 e. The normalized spacial score (nSPS) is 18.4. The van der Waals surface area contributed by atoms with Crippen molar-refractivity contribution >= 4 is 51.1 Å². The maximum atomic E-state index is 14.5. The van der Waals surface area contributed by atoms with Crippen LogP contribution in [0.1, 0.15) is 43.6 Å². The van der Waals surface area contributed by atoms with Crippen molar-refractivity contribution in [2.24, 2.45) is 10.7 Å². The highest BCUT2D eigenvalue weighted by Gasteiger charge is 2.36. The number of nitrogens with one attached hydrogen (secondary N) is 1. The maximum absolute atomic E-state index is 14.5. The zero-order valence-electron chi connectivity index (χ0n) is 22.0. The van der Waals surface area contributed by atoms with Crippen molar-refractivity contribution in [2.75, 3.05) is 19.0 Å². The number of nitrogens with two attached hydrogens (primary N) is 1. The SMILES string of the molecule is [B]C1([B])/C(C=NC)=C(/N)c2ccc(F)cc2[C@@H](C)Oc2cc(cnc2NC(=O)OCC)-c2c1c(Cl)nn2CC. The molecule has 0 fully saturated rings. The Balaban J connectivity index is 2.11. The molecule has 0 saturated carbocycles. The second-order valence-electron chi connectivity index (χ2n) is 8.82. The Morgan fingerprint density at radius 3 is 2.79 bits per heavy atom. The summed E-state index contributed by atoms with van der Waals surface area (Å²) in [6.07, 6.45) is 1.46. The molecule has 0 spiro atoms. The van der Waals surface area contributed by atoms with Crippen LogP contribution in [0.5, 0.6) is 5.75 Å². The zero-order chi connectivity index (χ0) is 28.5. The van der Waals surface area contributed by atoms with Gasteiger partial charge in [-0.25, -0.2) is 14.2 Å². The lowest BCUT2D eigenvalue weighted by molar-refractivity contribution is 0.167. The van der Waals surface area contributed by atoms with Gasteiger partial charge in [-0.3, -0.25) is 15.0 Å². The molecule has 4 rings (SSSR count). The lowest BCUT2D eigenvalue weighted by Gasteiger charge is -2.31. The van der Waals surface area contributed by atoms with Gasteiger partial charge >= 0.3 is 6.09 Å². The van der Waals surface area contributed by atoms with Gasteiger partial charge in [0.25, 0.3) is 0 Å². The predicted octanol–water partition coefficient (Wildman–Crippen LogP) is 4.34. The number of hydrogen-bond donors (Lipinski definition) is 2. The van der Waals surface area contributed by atoms with Crippen LogP contribution in [0.25, 0.3) is 17.0 Å². The highest BCUT2D eigenvalue weighted by Crippen LogP contribution is 2.43. The summed E-state index contributed by atoms with van der Waals surface area (Å²) in [5.74, 6) is -0.247. The Morgan fingerprint density at radius 2 is 2.13 bits per heavy atom. The van der Waals surface area contributed by atoms with Crippen molar-refractivity contribution in [3.63, 3.8) is 0 Å². The first kappa shape index (κ1) is 28.2. The number of amides is 1. The standard InChI is InChI=1S/C26H26B2ClFN6O3/c1-5-36-22-14-9-19(24(33-11-14)34-25(37)38-6-2)39-13(3)17-10-15(30)7-8-16(17)21(31)18(12-32-4)26(27,28)20(22)23(29)35-36/h7-13H,5-6,31H2,1-4H3,(H,33,34,37)/b21-18+,32-12?/t13-/m1/s1. The molecule has 1 aliphatic heterocycles. The summed E-state index contributed by atoms with van der Waals surface area (Å²) < 4.78 is 27.4. The molecule has 3 N–H and O–H groups in total. The molecule has 0 unspecified atom stereocenters. The minimum absolute atomic E-state index is 0.0487. The smallest absolute Gasteiger partial charge is 0.412 e. The van der Waals surface area contributed by atoms with Crippen molar-refractivity contribution in [1.29, 1.82) is 0 Å². The Bertz CT molecular complexity index is 1490. The van der Waals surface area contributed by atoms with Gasteiger partial charge in [0.15, 0.2) is 16.7 Å². The molecule has 3 heterocycles. The van der Waals surface area contributed by atoms with Crippen molar-refractivity contribution in [1.82, 2.24) is 14.8 Å². The second-order valence-corrected chi connectivity index (χ2v) is 9.18. The van der Waals surface area contributed by atoms with Crippen LogP contribution in [0, 0.1) is 5.82 Å². The fourth-order valence-corrected chi connectivity index (χ4v) is 4.86. The Hall–Kier alpha value is -3.79. The first-order valence-electron chi connectivity index (χ1n) is 12.2. The van der Waals surface area contributed by atoms with E-state index in [9.17, 15) is 9.18 Å². The van der Waals surface area contributed by atoms with Crippen LogP contribution >= 0.6 is 11.6 Å². The third kappa shape index (κ3) is 5.25. The summed E-state index contributed by atoms with van der Waals surface area (Å²) >= 11 is 6.65. The molecule has 1 atom stereocenters. The fraction of sp³-hybridized carbons (Fsp3) is 0.308. The van der Waals surface area contributed by atoms with E-state index in [1.54, 1.807) is 31.6 Å². The number of anilines is 1. The number of halogens is 2. The van der Waals surface area contributed by atoms with E-state index in [-0.39, 0.29) is 40.2 Å². The molecule has 1 amide bonds. The van der Waals surface area contributed by atoms with Crippen molar-refractivity contribution < 1.29 is 18.7 Å². The molecule has 2 bridgehead atoms. The van der Waals surface area contributed by atoms with E-state index in [4.69, 9.17) is 42.5 Å². The average Bonchev–Trinajstić information content (AvgIpc) is 3.24. The van der Waals surface area contributed by atoms with E-state index in [1.165, 1.54) is 30.6 Å². The molecule has 3 aromatic rings. The molecular formula is C26H26B2ClFN6O3. The fourth-order valence-electron chi connectivity index (χ4n) is 4.52. The maximum Gasteiger partial charge on any atom is 0.412 e. The predicted molar refractivity (Wildman–Crippen MR) is 151 cm³/mol. The molecule has 198 valence electrons. The number of rotatable bonds is 4. The summed E-state index contributed by atoms with van der Waals surface area (Å²) in [7, 11) is 15.2. The summed E-state index contributed by atoms with van der Waals surface area (Å²) in [4.78, 5) is 20.8. The van der Waals surface area contributed by atoms with Gasteiger partial charge in [-0.1, -0.05) is 11.6 Å². The van der Waals surface area contributed by atoms with Gasteiger partial charge in [-0.2, -0.15) is 5.10 Å². The van der Waals surface area contributed by atoms with Crippen LogP contribution in [0.3, 0.4) is 0 Å². The van der Waals surface area contributed by atoms with Crippen molar-refractivity contribution in [2.45, 2.75) is 38.6 Å². The number of fused-ring (bicyclic) bond motifs is 5. The number of hydrogen-bond acceptors (Lipinski definition) is 7. The number of aliphatic imine (C=N–C) groups is 1. The molecule has 9 nitrogen and oxygen atoms in total. The van der Waals surface area contributed by atoms with Crippen LogP contribution in [-0.4, -0.2) is 56.4 Å². The van der Waals surface area contributed by atoms with E-state index in [0.29, 0.717) is 28.9 Å². The quantitative estimate of drug-likeness (QED) is 0.372. The van der Waals surface area contributed by atoms with E-state index < -0.39 is 23.2 Å². The van der Waals surface area contributed by atoms with Crippen molar-refractivity contribution in [3.8, 4) is 17.0 Å². The lowest BCUT2D eigenvalue weighted by atomic mass is 9.47. The van der Waals surface area contributed by atoms with Gasteiger partial charge in [-0.15, -0.1) is 0 Å². The molecule has 1 aromatic carbocycles. The Kier molecular flexibility index (Phi) is 8.06.